The molecule has 0 fully saturated rings. The van der Waals surface area contributed by atoms with Gasteiger partial charge in [0, 0.05) is 22.0 Å². The van der Waals surface area contributed by atoms with Crippen LogP contribution < -0.4 is 11.5 Å². The minimum absolute atomic E-state index is 0. The number of sulfonamides is 1. The van der Waals surface area contributed by atoms with Gasteiger partial charge in [0.2, 0.25) is 5.91 Å². The lowest BCUT2D eigenvalue weighted by atomic mass is 10.3. The van der Waals surface area contributed by atoms with Crippen LogP contribution in [0.15, 0.2) is 33.7 Å². The second-order valence-electron chi connectivity index (χ2n) is 2.85. The number of rotatable bonds is 3. The first-order chi connectivity index (χ1) is 7.45. The Kier molecular flexibility index (Phi) is 5.13. The van der Waals surface area contributed by atoms with Crippen LogP contribution in [0.25, 0.3) is 10.4 Å². The molecule has 1 aromatic rings. The molecule has 0 saturated carbocycles. The van der Waals surface area contributed by atoms with Crippen LogP contribution in [0.1, 0.15) is 6.92 Å². The molecule has 0 aliphatic rings. The molecule has 0 unspecified atom stereocenters. The van der Waals surface area contributed by atoms with E-state index in [0.717, 1.165) is 0 Å². The molecule has 92 valence electrons. The summed E-state index contributed by atoms with van der Waals surface area (Å²) >= 11 is 0. The van der Waals surface area contributed by atoms with Crippen molar-refractivity contribution in [1.29, 1.82) is 0 Å². The minimum atomic E-state index is -3.96. The molecule has 0 aliphatic heterocycles. The number of nitrogens with one attached hydrogen (secondary N) is 1. The predicted octanol–water partition coefficient (Wildman–Crippen LogP) is 1.81. The molecule has 9 heteroatoms. The second-order valence-corrected chi connectivity index (χ2v) is 4.44. The molecular weight excluding hydrogens is 246 g/mol. The maximum Gasteiger partial charge on any atom is 0.264 e. The van der Waals surface area contributed by atoms with Crippen LogP contribution in [0.4, 0.5) is 5.69 Å². The standard InChI is InChI=1S/C8H8N4O3S.H3N/c1-6(13)10-7-2-4-8(5-3-7)16(14,15)12-11-9;/h2-5H,1H3,(H,10,13);1H3. The number of anilines is 1. The molecule has 4 N–H and O–H groups in total. The first-order valence-electron chi connectivity index (χ1n) is 4.15. The van der Waals surface area contributed by atoms with E-state index < -0.39 is 10.0 Å². The molecule has 0 bridgehead atoms. The molecule has 0 radical (unpaired) electrons. The Labute approximate surface area is 97.9 Å². The lowest BCUT2D eigenvalue weighted by molar-refractivity contribution is -0.114. The number of carbonyl (C=O) groups is 1. The van der Waals surface area contributed by atoms with Gasteiger partial charge in [-0.05, 0) is 29.8 Å². The molecule has 1 amide bonds. The highest BCUT2D eigenvalue weighted by Crippen LogP contribution is 2.16. The fraction of sp³-hybridized carbons (Fsp3) is 0.125. The molecule has 0 atom stereocenters. The van der Waals surface area contributed by atoms with Crippen molar-refractivity contribution in [2.24, 2.45) is 4.52 Å². The zero-order valence-electron chi connectivity index (χ0n) is 8.99. The third-order valence-electron chi connectivity index (χ3n) is 1.62. The highest BCUT2D eigenvalue weighted by Gasteiger charge is 2.11. The Morgan fingerprint density at radius 1 is 1.35 bits per heavy atom. The van der Waals surface area contributed by atoms with Crippen LogP contribution >= 0.6 is 0 Å². The normalized spacial score (nSPS) is 9.71. The number of hydrogen-bond acceptors (Lipinski definition) is 4. The quantitative estimate of drug-likeness (QED) is 0.482. The van der Waals surface area contributed by atoms with Crippen molar-refractivity contribution in [1.82, 2.24) is 6.15 Å². The maximum atomic E-state index is 11.3. The third kappa shape index (κ3) is 4.11. The number of carbonyl (C=O) groups excluding carboxylic acids is 1. The first kappa shape index (κ1) is 14.9. The Balaban J connectivity index is 0.00000256. The summed E-state index contributed by atoms with van der Waals surface area (Å²) in [4.78, 5) is 12.8. The van der Waals surface area contributed by atoms with Gasteiger partial charge in [0.15, 0.2) is 0 Å². The predicted molar refractivity (Wildman–Crippen MR) is 62.1 cm³/mol. The Morgan fingerprint density at radius 3 is 2.29 bits per heavy atom. The molecule has 1 aromatic carbocycles. The fourth-order valence-corrected chi connectivity index (χ4v) is 1.68. The van der Waals surface area contributed by atoms with E-state index in [1.807, 2.05) is 0 Å². The van der Waals surface area contributed by atoms with E-state index in [0.29, 0.717) is 5.69 Å². The van der Waals surface area contributed by atoms with Gasteiger partial charge < -0.3 is 11.5 Å². The van der Waals surface area contributed by atoms with E-state index in [2.05, 4.69) is 14.7 Å². The second kappa shape index (κ2) is 5.85. The topological polar surface area (TPSA) is 147 Å². The largest absolute Gasteiger partial charge is 0.344 e. The summed E-state index contributed by atoms with van der Waals surface area (Å²) in [5.74, 6) is -0.259. The van der Waals surface area contributed by atoms with E-state index in [1.54, 1.807) is 0 Å². The monoisotopic (exact) mass is 257 g/mol. The molecular formula is C8H11N5O3S. The molecule has 0 saturated heterocycles. The number of amides is 1. The Bertz CT molecular complexity index is 545. The van der Waals surface area contributed by atoms with Gasteiger partial charge in [-0.1, -0.05) is 0 Å². The summed E-state index contributed by atoms with van der Waals surface area (Å²) in [6, 6.07) is 5.30. The van der Waals surface area contributed by atoms with Crippen molar-refractivity contribution >= 4 is 21.6 Å². The zero-order chi connectivity index (χ0) is 12.2. The van der Waals surface area contributed by atoms with Gasteiger partial charge >= 0.3 is 0 Å². The molecule has 8 nitrogen and oxygen atoms in total. The van der Waals surface area contributed by atoms with E-state index in [-0.39, 0.29) is 17.0 Å². The van der Waals surface area contributed by atoms with Gasteiger partial charge in [-0.2, -0.15) is 0 Å². The van der Waals surface area contributed by atoms with Gasteiger partial charge in [0.25, 0.3) is 10.0 Å². The number of azide groups is 1. The summed E-state index contributed by atoms with van der Waals surface area (Å²) in [5, 5.41) is 2.48. The van der Waals surface area contributed by atoms with Crippen molar-refractivity contribution in [3.05, 3.63) is 34.7 Å². The summed E-state index contributed by atoms with van der Waals surface area (Å²) in [7, 11) is -3.96. The average Bonchev–Trinajstić information content (AvgIpc) is 2.17. The summed E-state index contributed by atoms with van der Waals surface area (Å²) in [6.45, 7) is 1.34. The number of nitrogens with zero attached hydrogens (tertiary/aromatic N) is 3. The highest BCUT2D eigenvalue weighted by atomic mass is 32.2. The van der Waals surface area contributed by atoms with Crippen molar-refractivity contribution < 1.29 is 13.2 Å². The van der Waals surface area contributed by atoms with Crippen LogP contribution in [0.3, 0.4) is 0 Å². The maximum absolute atomic E-state index is 11.3. The van der Waals surface area contributed by atoms with Crippen LogP contribution in [-0.2, 0) is 14.8 Å². The summed E-state index contributed by atoms with van der Waals surface area (Å²) in [6.07, 6.45) is 0. The fourth-order valence-electron chi connectivity index (χ4n) is 1.01. The lowest BCUT2D eigenvalue weighted by Crippen LogP contribution is -2.05. The van der Waals surface area contributed by atoms with E-state index >= 15 is 0 Å². The van der Waals surface area contributed by atoms with Gasteiger partial charge in [0.05, 0.1) is 4.90 Å². The summed E-state index contributed by atoms with van der Waals surface area (Å²) in [5.41, 5.74) is 8.52. The zero-order valence-corrected chi connectivity index (χ0v) is 9.81. The van der Waals surface area contributed by atoms with Crippen molar-refractivity contribution in [2.75, 3.05) is 5.32 Å². The van der Waals surface area contributed by atoms with E-state index in [1.165, 1.54) is 31.2 Å². The van der Waals surface area contributed by atoms with Crippen molar-refractivity contribution in [2.45, 2.75) is 11.8 Å². The third-order valence-corrected chi connectivity index (χ3v) is 2.77. The van der Waals surface area contributed by atoms with Gasteiger partial charge in [-0.3, -0.25) is 4.79 Å². The van der Waals surface area contributed by atoms with Crippen LogP contribution in [0.2, 0.25) is 0 Å². The number of hydrogen-bond donors (Lipinski definition) is 2. The average molecular weight is 257 g/mol. The van der Waals surface area contributed by atoms with E-state index in [9.17, 15) is 13.2 Å². The molecule has 17 heavy (non-hydrogen) atoms. The van der Waals surface area contributed by atoms with Crippen LogP contribution in [0.5, 0.6) is 0 Å². The van der Waals surface area contributed by atoms with Gasteiger partial charge in [-0.15, -0.1) is 0 Å². The molecule has 1 rings (SSSR count). The molecule has 0 aromatic heterocycles. The van der Waals surface area contributed by atoms with Crippen LogP contribution in [-0.4, -0.2) is 14.3 Å². The van der Waals surface area contributed by atoms with E-state index in [4.69, 9.17) is 5.53 Å². The van der Waals surface area contributed by atoms with Crippen LogP contribution in [0, 0.1) is 0 Å². The van der Waals surface area contributed by atoms with Crippen molar-refractivity contribution in [3.63, 3.8) is 0 Å². The molecule has 0 aliphatic carbocycles. The summed E-state index contributed by atoms with van der Waals surface area (Å²) < 4.78 is 25.2. The molecule has 0 spiro atoms. The van der Waals surface area contributed by atoms with Crippen molar-refractivity contribution in [3.8, 4) is 0 Å². The smallest absolute Gasteiger partial charge is 0.264 e. The first-order valence-corrected chi connectivity index (χ1v) is 5.59. The van der Waals surface area contributed by atoms with Gasteiger partial charge in [0.1, 0.15) is 0 Å². The number of benzene rings is 1. The lowest BCUT2D eigenvalue weighted by Gasteiger charge is -2.02. The van der Waals surface area contributed by atoms with Gasteiger partial charge in [-0.25, -0.2) is 8.42 Å². The Hall–Kier alpha value is -2.09. The highest BCUT2D eigenvalue weighted by molar-refractivity contribution is 7.90. The Morgan fingerprint density at radius 2 is 1.88 bits per heavy atom. The molecule has 0 heterocycles. The minimum Gasteiger partial charge on any atom is -0.344 e. The SMILES string of the molecule is CC(=O)Nc1ccc(S(=O)(=O)N=[N+]=[N-])cc1.N.